The number of hydrogen-bond acceptors (Lipinski definition) is 5. The van der Waals surface area contributed by atoms with Crippen molar-refractivity contribution in [3.8, 4) is 11.4 Å². The summed E-state index contributed by atoms with van der Waals surface area (Å²) in [5, 5.41) is 2.44. The lowest BCUT2D eigenvalue weighted by Crippen LogP contribution is -2.37. The Morgan fingerprint density at radius 1 is 1.46 bits per heavy atom. The molecule has 1 aromatic carbocycles. The van der Waals surface area contributed by atoms with Crippen molar-refractivity contribution in [3.63, 3.8) is 0 Å². The van der Waals surface area contributed by atoms with E-state index in [9.17, 15) is 9.59 Å². The van der Waals surface area contributed by atoms with Crippen molar-refractivity contribution in [1.29, 1.82) is 0 Å². The van der Waals surface area contributed by atoms with Crippen molar-refractivity contribution in [1.82, 2.24) is 14.9 Å². The summed E-state index contributed by atoms with van der Waals surface area (Å²) in [4.78, 5) is 28.5. The Balaban J connectivity index is 1.56. The van der Waals surface area contributed by atoms with Gasteiger partial charge in [0.2, 0.25) is 0 Å². The van der Waals surface area contributed by atoms with Gasteiger partial charge in [-0.15, -0.1) is 0 Å². The van der Waals surface area contributed by atoms with E-state index in [0.717, 1.165) is 11.5 Å². The van der Waals surface area contributed by atoms with Crippen LogP contribution in [-0.2, 0) is 11.3 Å². The van der Waals surface area contributed by atoms with Gasteiger partial charge in [0, 0.05) is 18.5 Å². The second kappa shape index (κ2) is 5.44. The van der Waals surface area contributed by atoms with Gasteiger partial charge >= 0.3 is 12.1 Å². The molecule has 2 aliphatic heterocycles. The molecule has 1 atom stereocenters. The van der Waals surface area contributed by atoms with Crippen LogP contribution in [0.15, 0.2) is 30.6 Å². The second-order valence-corrected chi connectivity index (χ2v) is 5.52. The molecule has 3 heterocycles. The van der Waals surface area contributed by atoms with Crippen LogP contribution in [0.5, 0.6) is 5.75 Å². The minimum atomic E-state index is -0.650. The smallest absolute Gasteiger partial charge is 0.414 e. The molecule has 0 aliphatic carbocycles. The van der Waals surface area contributed by atoms with E-state index in [4.69, 9.17) is 15.2 Å². The molecule has 0 unspecified atom stereocenters. The molecule has 9 heteroatoms. The number of ether oxygens (including phenoxy) is 2. The first kappa shape index (κ1) is 14.4. The maximum absolute atomic E-state index is 12.1. The average Bonchev–Trinajstić information content (AvgIpc) is 3.18. The van der Waals surface area contributed by atoms with Crippen LogP contribution >= 0.6 is 0 Å². The topological polar surface area (TPSA) is 112 Å². The van der Waals surface area contributed by atoms with E-state index in [1.807, 2.05) is 22.9 Å². The highest BCUT2D eigenvalue weighted by Gasteiger charge is 2.33. The van der Waals surface area contributed by atoms with E-state index in [1.165, 1.54) is 4.90 Å². The van der Waals surface area contributed by atoms with E-state index >= 15 is 0 Å². The maximum Gasteiger partial charge on any atom is 0.414 e. The van der Waals surface area contributed by atoms with Crippen molar-refractivity contribution < 1.29 is 19.1 Å². The molecule has 0 spiro atoms. The molecular weight excluding hydrogens is 314 g/mol. The fourth-order valence-corrected chi connectivity index (χ4v) is 2.84. The van der Waals surface area contributed by atoms with Gasteiger partial charge in [0.25, 0.3) is 0 Å². The summed E-state index contributed by atoms with van der Waals surface area (Å²) in [5.74, 6) is 1.50. The summed E-state index contributed by atoms with van der Waals surface area (Å²) in [6.45, 7) is 0.880. The number of rotatable bonds is 3. The second-order valence-electron chi connectivity index (χ2n) is 5.52. The normalized spacial score (nSPS) is 18.4. The number of anilines is 1. The molecule has 2 aromatic rings. The number of urea groups is 1. The van der Waals surface area contributed by atoms with E-state index in [0.29, 0.717) is 24.6 Å². The van der Waals surface area contributed by atoms with Gasteiger partial charge in [0.15, 0.2) is 5.82 Å². The lowest BCUT2D eigenvalue weighted by atomic mass is 10.2. The number of aromatic nitrogens is 2. The monoisotopic (exact) mass is 329 g/mol. The molecule has 0 bridgehead atoms. The fourth-order valence-electron chi connectivity index (χ4n) is 2.84. The number of imidazole rings is 1. The first-order valence-corrected chi connectivity index (χ1v) is 7.43. The summed E-state index contributed by atoms with van der Waals surface area (Å²) in [5.41, 5.74) is 6.57. The number of amides is 3. The van der Waals surface area contributed by atoms with Crippen molar-refractivity contribution >= 4 is 17.8 Å². The standard InChI is InChI=1S/C15H15N5O4/c16-14(21)18-6-10-7-20(15(22)24-10)9-1-2-11-12(5-9)23-8-13-17-3-4-19(11)13/h1-5,10H,6-8H2,(H3,16,18,21)/t10-/m0/s1. The van der Waals surface area contributed by atoms with E-state index in [-0.39, 0.29) is 6.54 Å². The van der Waals surface area contributed by atoms with Crippen LogP contribution < -0.4 is 20.7 Å². The third-order valence-electron chi connectivity index (χ3n) is 3.97. The van der Waals surface area contributed by atoms with Gasteiger partial charge in [-0.2, -0.15) is 0 Å². The Bertz CT molecular complexity index is 818. The van der Waals surface area contributed by atoms with Crippen molar-refractivity contribution in [2.24, 2.45) is 5.73 Å². The first-order chi connectivity index (χ1) is 11.6. The molecule has 124 valence electrons. The molecule has 1 aromatic heterocycles. The summed E-state index contributed by atoms with van der Waals surface area (Å²) in [6.07, 6.45) is 2.68. The van der Waals surface area contributed by atoms with Crippen LogP contribution in [0, 0.1) is 0 Å². The average molecular weight is 329 g/mol. The lowest BCUT2D eigenvalue weighted by molar-refractivity contribution is 0.141. The van der Waals surface area contributed by atoms with Crippen LogP contribution in [0.1, 0.15) is 5.82 Å². The fraction of sp³-hybridized carbons (Fsp3) is 0.267. The van der Waals surface area contributed by atoms with Crippen LogP contribution in [0.2, 0.25) is 0 Å². The number of carbonyl (C=O) groups excluding carboxylic acids is 2. The quantitative estimate of drug-likeness (QED) is 0.863. The summed E-state index contributed by atoms with van der Waals surface area (Å²) in [7, 11) is 0. The van der Waals surface area contributed by atoms with Crippen LogP contribution in [0.25, 0.3) is 5.69 Å². The van der Waals surface area contributed by atoms with Gasteiger partial charge in [0.1, 0.15) is 18.5 Å². The summed E-state index contributed by atoms with van der Waals surface area (Å²) < 4.78 is 12.9. The molecule has 1 saturated heterocycles. The first-order valence-electron chi connectivity index (χ1n) is 7.43. The number of cyclic esters (lactones) is 1. The number of nitrogens with one attached hydrogen (secondary N) is 1. The Morgan fingerprint density at radius 2 is 2.33 bits per heavy atom. The molecule has 0 radical (unpaired) electrons. The van der Waals surface area contributed by atoms with Gasteiger partial charge in [-0.05, 0) is 12.1 Å². The molecule has 0 saturated carbocycles. The van der Waals surface area contributed by atoms with Crippen molar-refractivity contribution in [2.45, 2.75) is 12.7 Å². The summed E-state index contributed by atoms with van der Waals surface area (Å²) >= 11 is 0. The van der Waals surface area contributed by atoms with Crippen LogP contribution in [0.4, 0.5) is 15.3 Å². The Morgan fingerprint density at radius 3 is 3.17 bits per heavy atom. The predicted molar refractivity (Wildman–Crippen MR) is 83.1 cm³/mol. The third-order valence-corrected chi connectivity index (χ3v) is 3.97. The van der Waals surface area contributed by atoms with Gasteiger partial charge in [0.05, 0.1) is 24.5 Å². The lowest BCUT2D eigenvalue weighted by Gasteiger charge is -2.22. The molecular formula is C15H15N5O4. The van der Waals surface area contributed by atoms with Crippen molar-refractivity contribution in [3.05, 3.63) is 36.4 Å². The van der Waals surface area contributed by atoms with Gasteiger partial charge < -0.3 is 20.5 Å². The third kappa shape index (κ3) is 2.39. The number of carbonyl (C=O) groups is 2. The van der Waals surface area contributed by atoms with Gasteiger partial charge in [-0.1, -0.05) is 0 Å². The number of nitrogens with two attached hydrogens (primary N) is 1. The Labute approximate surface area is 137 Å². The Hall–Kier alpha value is -3.23. The molecule has 9 nitrogen and oxygen atoms in total. The molecule has 2 aliphatic rings. The largest absolute Gasteiger partial charge is 0.483 e. The van der Waals surface area contributed by atoms with E-state index in [1.54, 1.807) is 12.3 Å². The molecule has 24 heavy (non-hydrogen) atoms. The van der Waals surface area contributed by atoms with E-state index < -0.39 is 18.2 Å². The molecule has 3 amide bonds. The highest BCUT2D eigenvalue weighted by Crippen LogP contribution is 2.34. The molecule has 3 N–H and O–H groups in total. The number of benzene rings is 1. The minimum absolute atomic E-state index is 0.178. The highest BCUT2D eigenvalue weighted by atomic mass is 16.6. The zero-order valence-corrected chi connectivity index (χ0v) is 12.6. The minimum Gasteiger partial charge on any atom is -0.483 e. The van der Waals surface area contributed by atoms with Crippen molar-refractivity contribution in [2.75, 3.05) is 18.0 Å². The zero-order valence-electron chi connectivity index (χ0n) is 12.6. The van der Waals surface area contributed by atoms with Crippen LogP contribution in [-0.4, -0.2) is 40.9 Å². The number of hydrogen-bond donors (Lipinski definition) is 2. The zero-order chi connectivity index (χ0) is 16.7. The Kier molecular flexibility index (Phi) is 3.26. The van der Waals surface area contributed by atoms with Gasteiger partial charge in [-0.25, -0.2) is 14.6 Å². The SMILES string of the molecule is NC(=O)NC[C@H]1CN(c2ccc3c(c2)OCc2nccn2-3)C(=O)O1. The van der Waals surface area contributed by atoms with Gasteiger partial charge in [-0.3, -0.25) is 9.47 Å². The number of primary amides is 1. The molecule has 4 rings (SSSR count). The van der Waals surface area contributed by atoms with Crippen LogP contribution in [0.3, 0.4) is 0 Å². The molecule has 1 fully saturated rings. The number of fused-ring (bicyclic) bond motifs is 3. The highest BCUT2D eigenvalue weighted by molar-refractivity contribution is 5.90. The van der Waals surface area contributed by atoms with E-state index in [2.05, 4.69) is 10.3 Å². The maximum atomic E-state index is 12.1. The predicted octanol–water partition coefficient (Wildman–Crippen LogP) is 0.758. The number of nitrogens with zero attached hydrogens (tertiary/aromatic N) is 3. The summed E-state index contributed by atoms with van der Waals surface area (Å²) in [6, 6.07) is 4.84.